The molecule has 14 heavy (non-hydrogen) atoms. The molecule has 0 bridgehead atoms. The Bertz CT molecular complexity index is 308. The van der Waals surface area contributed by atoms with E-state index >= 15 is 0 Å². The molecule has 0 aliphatic rings. The fraction of sp³-hybridized carbons (Fsp3) is 0.600. The predicted molar refractivity (Wildman–Crippen MR) is 57.5 cm³/mol. The van der Waals surface area contributed by atoms with Crippen LogP contribution >= 0.6 is 0 Å². The van der Waals surface area contributed by atoms with Gasteiger partial charge < -0.3 is 10.3 Å². The average Bonchev–Trinajstić information content (AvgIpc) is 2.18. The molecule has 1 aromatic heterocycles. The van der Waals surface area contributed by atoms with E-state index in [0.717, 1.165) is 13.0 Å². The van der Waals surface area contributed by atoms with E-state index in [0.29, 0.717) is 5.82 Å². The van der Waals surface area contributed by atoms with Gasteiger partial charge in [0.1, 0.15) is 5.82 Å². The van der Waals surface area contributed by atoms with Crippen LogP contribution in [0.5, 0.6) is 0 Å². The topological polar surface area (TPSA) is 57.8 Å². The number of unbranched alkanes of at least 4 members (excludes halogenated alkanes) is 3. The first-order valence-electron chi connectivity index (χ1n) is 5.11. The smallest absolute Gasteiger partial charge is 0.252 e. The van der Waals surface area contributed by atoms with Gasteiger partial charge in [-0.3, -0.25) is 4.79 Å². The summed E-state index contributed by atoms with van der Waals surface area (Å²) in [7, 11) is 0. The van der Waals surface area contributed by atoms with E-state index in [2.05, 4.69) is 22.2 Å². The zero-order valence-electron chi connectivity index (χ0n) is 8.55. The Balaban J connectivity index is 2.21. The fourth-order valence-electron chi connectivity index (χ4n) is 1.23. The van der Waals surface area contributed by atoms with Gasteiger partial charge >= 0.3 is 0 Å². The number of nitrogens with zero attached hydrogens (tertiary/aromatic N) is 1. The van der Waals surface area contributed by atoms with E-state index in [-0.39, 0.29) is 5.56 Å². The highest BCUT2D eigenvalue weighted by molar-refractivity contribution is 5.31. The molecule has 1 heterocycles. The molecule has 0 aliphatic heterocycles. The van der Waals surface area contributed by atoms with Crippen molar-refractivity contribution in [1.82, 2.24) is 9.97 Å². The molecular formula is C10H17N3O. The Hall–Kier alpha value is -1.32. The minimum atomic E-state index is -0.115. The van der Waals surface area contributed by atoms with E-state index in [1.165, 1.54) is 31.7 Å². The van der Waals surface area contributed by atoms with Crippen molar-refractivity contribution in [3.05, 3.63) is 22.7 Å². The van der Waals surface area contributed by atoms with Gasteiger partial charge in [0, 0.05) is 12.6 Å². The van der Waals surface area contributed by atoms with E-state index in [1.807, 2.05) is 0 Å². The second kappa shape index (κ2) is 6.18. The van der Waals surface area contributed by atoms with Gasteiger partial charge in [0.2, 0.25) is 0 Å². The highest BCUT2D eigenvalue weighted by Crippen LogP contribution is 2.00. The molecule has 0 spiro atoms. The van der Waals surface area contributed by atoms with E-state index in [1.54, 1.807) is 0 Å². The van der Waals surface area contributed by atoms with Crippen LogP contribution in [0.15, 0.2) is 17.2 Å². The van der Waals surface area contributed by atoms with Gasteiger partial charge in [-0.1, -0.05) is 26.2 Å². The number of H-pyrrole nitrogens is 1. The minimum absolute atomic E-state index is 0.115. The number of anilines is 1. The van der Waals surface area contributed by atoms with E-state index < -0.39 is 0 Å². The molecule has 4 heteroatoms. The van der Waals surface area contributed by atoms with E-state index in [9.17, 15) is 4.79 Å². The Morgan fingerprint density at radius 3 is 3.00 bits per heavy atom. The summed E-state index contributed by atoms with van der Waals surface area (Å²) < 4.78 is 0. The maximum Gasteiger partial charge on any atom is 0.252 e. The number of aromatic amines is 1. The van der Waals surface area contributed by atoms with Gasteiger partial charge in [0.05, 0.1) is 6.33 Å². The minimum Gasteiger partial charge on any atom is -0.370 e. The Morgan fingerprint density at radius 2 is 2.29 bits per heavy atom. The first-order valence-corrected chi connectivity index (χ1v) is 5.11. The molecule has 0 radical (unpaired) electrons. The molecule has 0 aromatic carbocycles. The van der Waals surface area contributed by atoms with Crippen LogP contribution in [0.3, 0.4) is 0 Å². The maximum absolute atomic E-state index is 10.9. The molecule has 2 N–H and O–H groups in total. The van der Waals surface area contributed by atoms with Crippen LogP contribution in [0.4, 0.5) is 5.82 Å². The second-order valence-corrected chi connectivity index (χ2v) is 3.28. The predicted octanol–water partition coefficient (Wildman–Crippen LogP) is 1.76. The van der Waals surface area contributed by atoms with Gasteiger partial charge in [-0.05, 0) is 6.42 Å². The van der Waals surface area contributed by atoms with Crippen LogP contribution in [-0.4, -0.2) is 16.5 Å². The fourth-order valence-corrected chi connectivity index (χ4v) is 1.23. The van der Waals surface area contributed by atoms with Crippen LogP contribution in [-0.2, 0) is 0 Å². The van der Waals surface area contributed by atoms with Crippen LogP contribution in [0.1, 0.15) is 32.6 Å². The molecular weight excluding hydrogens is 178 g/mol. The van der Waals surface area contributed by atoms with Crippen molar-refractivity contribution >= 4 is 5.82 Å². The summed E-state index contributed by atoms with van der Waals surface area (Å²) in [6, 6.07) is 1.47. The molecule has 78 valence electrons. The monoisotopic (exact) mass is 195 g/mol. The summed E-state index contributed by atoms with van der Waals surface area (Å²) in [5.74, 6) is 0.658. The quantitative estimate of drug-likeness (QED) is 0.680. The number of nitrogens with one attached hydrogen (secondary N) is 2. The molecule has 0 saturated carbocycles. The summed E-state index contributed by atoms with van der Waals surface area (Å²) in [6.07, 6.45) is 6.28. The lowest BCUT2D eigenvalue weighted by Crippen LogP contribution is -2.09. The van der Waals surface area contributed by atoms with Gasteiger partial charge in [0.25, 0.3) is 5.56 Å². The largest absolute Gasteiger partial charge is 0.370 e. The molecule has 0 atom stereocenters. The second-order valence-electron chi connectivity index (χ2n) is 3.28. The summed E-state index contributed by atoms with van der Waals surface area (Å²) in [4.78, 5) is 17.4. The molecule has 4 nitrogen and oxygen atoms in total. The molecule has 0 unspecified atom stereocenters. The standard InChI is InChI=1S/C10H17N3O/c1-2-3-4-5-6-11-9-7-10(14)13-8-12-9/h7-8H,2-6H2,1H3,(H2,11,12,13,14). The zero-order chi connectivity index (χ0) is 10.2. The summed E-state index contributed by atoms with van der Waals surface area (Å²) in [5, 5.41) is 3.11. The van der Waals surface area contributed by atoms with Crippen molar-refractivity contribution in [2.75, 3.05) is 11.9 Å². The number of aromatic nitrogens is 2. The zero-order valence-corrected chi connectivity index (χ0v) is 8.55. The van der Waals surface area contributed by atoms with Crippen molar-refractivity contribution in [3.8, 4) is 0 Å². The lowest BCUT2D eigenvalue weighted by atomic mass is 10.2. The van der Waals surface area contributed by atoms with Crippen LogP contribution in [0.2, 0.25) is 0 Å². The summed E-state index contributed by atoms with van der Waals surface area (Å²) in [5.41, 5.74) is -0.115. The first kappa shape index (κ1) is 10.8. The number of rotatable bonds is 6. The van der Waals surface area contributed by atoms with Crippen molar-refractivity contribution in [2.24, 2.45) is 0 Å². The van der Waals surface area contributed by atoms with Crippen molar-refractivity contribution in [2.45, 2.75) is 32.6 Å². The van der Waals surface area contributed by atoms with Crippen molar-refractivity contribution in [3.63, 3.8) is 0 Å². The van der Waals surface area contributed by atoms with Crippen molar-refractivity contribution in [1.29, 1.82) is 0 Å². The molecule has 1 rings (SSSR count). The SMILES string of the molecule is CCCCCCNc1cc(=O)[nH]cn1. The highest BCUT2D eigenvalue weighted by atomic mass is 16.1. The Morgan fingerprint density at radius 1 is 1.43 bits per heavy atom. The third-order valence-electron chi connectivity index (χ3n) is 2.01. The molecule has 0 aliphatic carbocycles. The lowest BCUT2D eigenvalue weighted by molar-refractivity contribution is 0.684. The van der Waals surface area contributed by atoms with E-state index in [4.69, 9.17) is 0 Å². The summed E-state index contributed by atoms with van der Waals surface area (Å²) in [6.45, 7) is 3.07. The Kier molecular flexibility index (Phi) is 4.75. The van der Waals surface area contributed by atoms with Crippen molar-refractivity contribution < 1.29 is 0 Å². The average molecular weight is 195 g/mol. The number of hydrogen-bond donors (Lipinski definition) is 2. The third-order valence-corrected chi connectivity index (χ3v) is 2.01. The van der Waals surface area contributed by atoms with Gasteiger partial charge in [-0.25, -0.2) is 4.98 Å². The molecule has 0 saturated heterocycles. The van der Waals surface area contributed by atoms with Gasteiger partial charge in [-0.15, -0.1) is 0 Å². The Labute approximate surface area is 83.8 Å². The van der Waals surface area contributed by atoms with Crippen LogP contribution in [0.25, 0.3) is 0 Å². The van der Waals surface area contributed by atoms with Crippen LogP contribution in [0, 0.1) is 0 Å². The van der Waals surface area contributed by atoms with Crippen LogP contribution < -0.4 is 10.9 Å². The molecule has 1 aromatic rings. The lowest BCUT2D eigenvalue weighted by Gasteiger charge is -2.03. The molecule has 0 fully saturated rings. The first-order chi connectivity index (χ1) is 6.83. The highest BCUT2D eigenvalue weighted by Gasteiger charge is 1.93. The number of hydrogen-bond acceptors (Lipinski definition) is 3. The normalized spacial score (nSPS) is 10.1. The maximum atomic E-state index is 10.9. The molecule has 0 amide bonds. The van der Waals surface area contributed by atoms with Gasteiger partial charge in [-0.2, -0.15) is 0 Å². The van der Waals surface area contributed by atoms with Gasteiger partial charge in [0.15, 0.2) is 0 Å². The third kappa shape index (κ3) is 4.07. The summed E-state index contributed by atoms with van der Waals surface area (Å²) >= 11 is 0.